The van der Waals surface area contributed by atoms with Gasteiger partial charge in [-0.05, 0) is 30.2 Å². The molecule has 1 aliphatic rings. The van der Waals surface area contributed by atoms with Crippen molar-refractivity contribution in [2.45, 2.75) is 25.6 Å². The van der Waals surface area contributed by atoms with E-state index >= 15 is 0 Å². The molecule has 1 heterocycles. The van der Waals surface area contributed by atoms with Crippen molar-refractivity contribution in [2.75, 3.05) is 19.7 Å². The molecule has 0 bridgehead atoms. The number of ether oxygens (including phenoxy) is 2. The molecule has 2 aromatic rings. The van der Waals surface area contributed by atoms with Crippen LogP contribution in [-0.2, 0) is 13.0 Å². The molecule has 1 atom stereocenters. The van der Waals surface area contributed by atoms with Gasteiger partial charge in [0.05, 0.1) is 0 Å². The lowest BCUT2D eigenvalue weighted by Crippen LogP contribution is -2.30. The SMILES string of the molecule is OCCCNCC1Cc2ccc(OCc3ccccc3)cc2O1. The minimum atomic E-state index is 0.160. The molecule has 3 rings (SSSR count). The lowest BCUT2D eigenvalue weighted by molar-refractivity contribution is 0.222. The minimum Gasteiger partial charge on any atom is -0.489 e. The lowest BCUT2D eigenvalue weighted by atomic mass is 10.1. The van der Waals surface area contributed by atoms with Gasteiger partial charge in [-0.2, -0.15) is 0 Å². The average Bonchev–Trinajstić information content (AvgIpc) is 3.00. The van der Waals surface area contributed by atoms with Crippen molar-refractivity contribution in [3.05, 3.63) is 59.7 Å². The third-order valence-corrected chi connectivity index (χ3v) is 3.91. The predicted molar refractivity (Wildman–Crippen MR) is 89.9 cm³/mol. The van der Waals surface area contributed by atoms with Gasteiger partial charge in [0.1, 0.15) is 24.2 Å². The highest BCUT2D eigenvalue weighted by Gasteiger charge is 2.22. The van der Waals surface area contributed by atoms with Crippen LogP contribution in [0, 0.1) is 0 Å². The second-order valence-electron chi connectivity index (χ2n) is 5.77. The van der Waals surface area contributed by atoms with E-state index in [-0.39, 0.29) is 12.7 Å². The summed E-state index contributed by atoms with van der Waals surface area (Å²) in [6.45, 7) is 2.40. The molecule has 0 aliphatic carbocycles. The largest absolute Gasteiger partial charge is 0.489 e. The van der Waals surface area contributed by atoms with Crippen LogP contribution in [0.15, 0.2) is 48.5 Å². The maximum atomic E-state index is 8.78. The van der Waals surface area contributed by atoms with Crippen LogP contribution in [0.1, 0.15) is 17.5 Å². The molecule has 4 nitrogen and oxygen atoms in total. The Kier molecular flexibility index (Phi) is 5.51. The Morgan fingerprint density at radius 2 is 2.04 bits per heavy atom. The van der Waals surface area contributed by atoms with Gasteiger partial charge in [0.25, 0.3) is 0 Å². The highest BCUT2D eigenvalue weighted by atomic mass is 16.5. The summed E-state index contributed by atoms with van der Waals surface area (Å²) in [5.74, 6) is 1.76. The van der Waals surface area contributed by atoms with E-state index in [0.29, 0.717) is 6.61 Å². The highest BCUT2D eigenvalue weighted by Crippen LogP contribution is 2.32. The summed E-state index contributed by atoms with van der Waals surface area (Å²) in [6.07, 6.45) is 1.85. The van der Waals surface area contributed by atoms with Gasteiger partial charge in [0, 0.05) is 25.6 Å². The summed E-state index contributed by atoms with van der Waals surface area (Å²) in [7, 11) is 0. The molecule has 0 saturated heterocycles. The first-order chi connectivity index (χ1) is 11.3. The molecule has 4 heteroatoms. The minimum absolute atomic E-state index is 0.160. The fourth-order valence-electron chi connectivity index (χ4n) is 2.69. The number of hydrogen-bond donors (Lipinski definition) is 2. The van der Waals surface area contributed by atoms with Gasteiger partial charge < -0.3 is 19.9 Å². The first kappa shape index (κ1) is 15.8. The van der Waals surface area contributed by atoms with Crippen LogP contribution < -0.4 is 14.8 Å². The maximum absolute atomic E-state index is 8.78. The van der Waals surface area contributed by atoms with E-state index in [2.05, 4.69) is 23.5 Å². The zero-order valence-electron chi connectivity index (χ0n) is 13.2. The molecular weight excluding hydrogens is 290 g/mol. The first-order valence-corrected chi connectivity index (χ1v) is 8.13. The second-order valence-corrected chi connectivity index (χ2v) is 5.77. The summed E-state index contributed by atoms with van der Waals surface area (Å²) in [6, 6.07) is 16.2. The van der Waals surface area contributed by atoms with E-state index in [1.165, 1.54) is 5.56 Å². The molecular formula is C19H23NO3. The third-order valence-electron chi connectivity index (χ3n) is 3.91. The number of rotatable bonds is 8. The molecule has 122 valence electrons. The van der Waals surface area contributed by atoms with Gasteiger partial charge in [-0.15, -0.1) is 0 Å². The normalized spacial score (nSPS) is 16.0. The first-order valence-electron chi connectivity index (χ1n) is 8.13. The zero-order chi connectivity index (χ0) is 15.9. The van der Waals surface area contributed by atoms with Crippen LogP contribution in [0.5, 0.6) is 11.5 Å². The Bertz CT molecular complexity index is 615. The van der Waals surface area contributed by atoms with Crippen LogP contribution in [0.3, 0.4) is 0 Å². The molecule has 23 heavy (non-hydrogen) atoms. The predicted octanol–water partition coefficient (Wildman–Crippen LogP) is 2.54. The number of fused-ring (bicyclic) bond motifs is 1. The second kappa shape index (κ2) is 7.99. The van der Waals surface area contributed by atoms with Gasteiger partial charge in [-0.3, -0.25) is 0 Å². The van der Waals surface area contributed by atoms with Gasteiger partial charge in [0.2, 0.25) is 0 Å². The molecule has 0 amide bonds. The molecule has 1 unspecified atom stereocenters. The van der Waals surface area contributed by atoms with Crippen molar-refractivity contribution < 1.29 is 14.6 Å². The van der Waals surface area contributed by atoms with Gasteiger partial charge in [-0.25, -0.2) is 0 Å². The van der Waals surface area contributed by atoms with Crippen LogP contribution in [0.25, 0.3) is 0 Å². The Morgan fingerprint density at radius 3 is 2.87 bits per heavy atom. The fourth-order valence-corrected chi connectivity index (χ4v) is 2.69. The molecule has 0 fully saturated rings. The quantitative estimate of drug-likeness (QED) is 0.735. The number of aliphatic hydroxyl groups excluding tert-OH is 1. The highest BCUT2D eigenvalue weighted by molar-refractivity contribution is 5.43. The zero-order valence-corrected chi connectivity index (χ0v) is 13.2. The van der Waals surface area contributed by atoms with Crippen molar-refractivity contribution in [1.82, 2.24) is 5.32 Å². The number of nitrogens with one attached hydrogen (secondary N) is 1. The molecule has 2 aromatic carbocycles. The smallest absolute Gasteiger partial charge is 0.126 e. The Balaban J connectivity index is 1.51. The van der Waals surface area contributed by atoms with Crippen LogP contribution >= 0.6 is 0 Å². The number of benzene rings is 2. The molecule has 0 aromatic heterocycles. The van der Waals surface area contributed by atoms with E-state index in [4.69, 9.17) is 14.6 Å². The average molecular weight is 313 g/mol. The molecule has 2 N–H and O–H groups in total. The van der Waals surface area contributed by atoms with Crippen molar-refractivity contribution in [3.8, 4) is 11.5 Å². The molecule has 0 radical (unpaired) electrons. The van der Waals surface area contributed by atoms with E-state index in [0.717, 1.165) is 43.0 Å². The van der Waals surface area contributed by atoms with Crippen molar-refractivity contribution in [2.24, 2.45) is 0 Å². The van der Waals surface area contributed by atoms with E-state index in [1.54, 1.807) is 0 Å². The van der Waals surface area contributed by atoms with Crippen molar-refractivity contribution in [3.63, 3.8) is 0 Å². The number of aliphatic hydroxyl groups is 1. The third kappa shape index (κ3) is 4.47. The van der Waals surface area contributed by atoms with Gasteiger partial charge in [-0.1, -0.05) is 36.4 Å². The summed E-state index contributed by atoms with van der Waals surface area (Å²) in [4.78, 5) is 0. The van der Waals surface area contributed by atoms with Gasteiger partial charge in [0.15, 0.2) is 0 Å². The standard InChI is InChI=1S/C19H23NO3/c21-10-4-9-20-13-18-11-16-7-8-17(12-19(16)23-18)22-14-15-5-2-1-3-6-15/h1-3,5-8,12,18,20-21H,4,9-11,13-14H2. The summed E-state index contributed by atoms with van der Waals surface area (Å²) >= 11 is 0. The maximum Gasteiger partial charge on any atom is 0.126 e. The summed E-state index contributed by atoms with van der Waals surface area (Å²) in [5, 5.41) is 12.1. The fraction of sp³-hybridized carbons (Fsp3) is 0.368. The van der Waals surface area contributed by atoms with E-state index in [9.17, 15) is 0 Å². The molecule has 1 aliphatic heterocycles. The van der Waals surface area contributed by atoms with Crippen molar-refractivity contribution in [1.29, 1.82) is 0 Å². The lowest BCUT2D eigenvalue weighted by Gasteiger charge is -2.11. The summed E-state index contributed by atoms with van der Waals surface area (Å²) in [5.41, 5.74) is 2.38. The van der Waals surface area contributed by atoms with Crippen LogP contribution in [0.4, 0.5) is 0 Å². The van der Waals surface area contributed by atoms with E-state index in [1.807, 2.05) is 30.3 Å². The monoisotopic (exact) mass is 313 g/mol. The Hall–Kier alpha value is -2.04. The topological polar surface area (TPSA) is 50.7 Å². The van der Waals surface area contributed by atoms with Crippen LogP contribution in [0.2, 0.25) is 0 Å². The Labute approximate surface area is 137 Å². The van der Waals surface area contributed by atoms with Crippen LogP contribution in [-0.4, -0.2) is 30.9 Å². The van der Waals surface area contributed by atoms with E-state index < -0.39 is 0 Å². The van der Waals surface area contributed by atoms with Gasteiger partial charge >= 0.3 is 0 Å². The van der Waals surface area contributed by atoms with Crippen molar-refractivity contribution >= 4 is 0 Å². The number of hydrogen-bond acceptors (Lipinski definition) is 4. The molecule has 0 saturated carbocycles. The summed E-state index contributed by atoms with van der Waals surface area (Å²) < 4.78 is 11.8. The molecule has 0 spiro atoms. The Morgan fingerprint density at radius 1 is 1.17 bits per heavy atom.